The Morgan fingerprint density at radius 3 is 2.48 bits per heavy atom. The Hall–Kier alpha value is -1.88. The van der Waals surface area contributed by atoms with Crippen LogP contribution in [0.2, 0.25) is 0 Å². The second-order valence-corrected chi connectivity index (χ2v) is 5.39. The maximum absolute atomic E-state index is 12.2. The smallest absolute Gasteiger partial charge is 0.243 e. The van der Waals surface area contributed by atoms with E-state index in [1.54, 1.807) is 7.11 Å². The lowest BCUT2D eigenvalue weighted by atomic mass is 10.0. The summed E-state index contributed by atoms with van der Waals surface area (Å²) in [7, 11) is 1.65. The minimum Gasteiger partial charge on any atom is -0.380 e. The van der Waals surface area contributed by atoms with Crippen LogP contribution in [0.4, 0.5) is 0 Å². The zero-order valence-corrected chi connectivity index (χ0v) is 13.1. The van der Waals surface area contributed by atoms with E-state index in [1.165, 1.54) is 6.92 Å². The third kappa shape index (κ3) is 5.95. The van der Waals surface area contributed by atoms with E-state index >= 15 is 0 Å². The van der Waals surface area contributed by atoms with Gasteiger partial charge in [-0.15, -0.1) is 0 Å². The average molecular weight is 292 g/mol. The SMILES string of the molecule is COCc1cccc(CNC(=O)[C@H](NC(C)=O)C(C)C)c1. The molecule has 21 heavy (non-hydrogen) atoms. The van der Waals surface area contributed by atoms with Crippen molar-refractivity contribution in [2.24, 2.45) is 5.92 Å². The fourth-order valence-electron chi connectivity index (χ4n) is 2.05. The normalized spacial score (nSPS) is 12.0. The molecule has 0 fully saturated rings. The fourth-order valence-corrected chi connectivity index (χ4v) is 2.05. The first-order valence-corrected chi connectivity index (χ1v) is 7.05. The molecule has 1 atom stereocenters. The number of benzene rings is 1. The lowest BCUT2D eigenvalue weighted by Gasteiger charge is -2.21. The molecule has 0 radical (unpaired) electrons. The summed E-state index contributed by atoms with van der Waals surface area (Å²) in [5.41, 5.74) is 2.06. The number of amides is 2. The molecule has 0 bridgehead atoms. The summed E-state index contributed by atoms with van der Waals surface area (Å²) >= 11 is 0. The van der Waals surface area contributed by atoms with E-state index in [0.717, 1.165) is 11.1 Å². The maximum atomic E-state index is 12.2. The van der Waals surface area contributed by atoms with Crippen molar-refractivity contribution < 1.29 is 14.3 Å². The van der Waals surface area contributed by atoms with Crippen LogP contribution < -0.4 is 10.6 Å². The topological polar surface area (TPSA) is 67.4 Å². The van der Waals surface area contributed by atoms with E-state index in [1.807, 2.05) is 38.1 Å². The highest BCUT2D eigenvalue weighted by Gasteiger charge is 2.22. The van der Waals surface area contributed by atoms with Gasteiger partial charge in [0.25, 0.3) is 0 Å². The predicted octanol–water partition coefficient (Wildman–Crippen LogP) is 1.61. The molecule has 5 nitrogen and oxygen atoms in total. The number of carbonyl (C=O) groups excluding carboxylic acids is 2. The summed E-state index contributed by atoms with van der Waals surface area (Å²) in [4.78, 5) is 23.3. The number of hydrogen-bond acceptors (Lipinski definition) is 3. The van der Waals surface area contributed by atoms with Crippen LogP contribution in [0.3, 0.4) is 0 Å². The molecule has 2 amide bonds. The van der Waals surface area contributed by atoms with Gasteiger partial charge in [0, 0.05) is 20.6 Å². The number of rotatable bonds is 7. The van der Waals surface area contributed by atoms with Crippen LogP contribution >= 0.6 is 0 Å². The average Bonchev–Trinajstić information content (AvgIpc) is 2.42. The first-order valence-electron chi connectivity index (χ1n) is 7.05. The number of methoxy groups -OCH3 is 1. The first-order chi connectivity index (χ1) is 9.93. The third-order valence-electron chi connectivity index (χ3n) is 3.08. The molecule has 0 spiro atoms. The molecule has 2 N–H and O–H groups in total. The molecule has 1 aromatic rings. The number of nitrogens with one attached hydrogen (secondary N) is 2. The molecular formula is C16H24N2O3. The first kappa shape index (κ1) is 17.2. The zero-order chi connectivity index (χ0) is 15.8. The number of ether oxygens (including phenoxy) is 1. The molecule has 0 aliphatic heterocycles. The van der Waals surface area contributed by atoms with Crippen LogP contribution in [0, 0.1) is 5.92 Å². The number of hydrogen-bond donors (Lipinski definition) is 2. The van der Waals surface area contributed by atoms with Crippen molar-refractivity contribution in [2.75, 3.05) is 7.11 Å². The van der Waals surface area contributed by atoms with Crippen molar-refractivity contribution in [3.05, 3.63) is 35.4 Å². The monoisotopic (exact) mass is 292 g/mol. The molecule has 0 saturated carbocycles. The van der Waals surface area contributed by atoms with Gasteiger partial charge in [0.1, 0.15) is 6.04 Å². The van der Waals surface area contributed by atoms with Gasteiger partial charge < -0.3 is 15.4 Å². The van der Waals surface area contributed by atoms with Gasteiger partial charge in [-0.3, -0.25) is 9.59 Å². The Morgan fingerprint density at radius 2 is 1.90 bits per heavy atom. The quantitative estimate of drug-likeness (QED) is 0.802. The summed E-state index contributed by atoms with van der Waals surface area (Å²) in [6, 6.07) is 7.34. The van der Waals surface area contributed by atoms with Crippen LogP contribution in [0.15, 0.2) is 24.3 Å². The van der Waals surface area contributed by atoms with Gasteiger partial charge >= 0.3 is 0 Å². The summed E-state index contributed by atoms with van der Waals surface area (Å²) in [6.07, 6.45) is 0. The van der Waals surface area contributed by atoms with Crippen LogP contribution in [-0.2, 0) is 27.5 Å². The summed E-state index contributed by atoms with van der Waals surface area (Å²) in [6.45, 7) is 6.19. The van der Waals surface area contributed by atoms with E-state index in [2.05, 4.69) is 10.6 Å². The molecule has 1 rings (SSSR count). The fraction of sp³-hybridized carbons (Fsp3) is 0.500. The van der Waals surface area contributed by atoms with Gasteiger partial charge in [-0.25, -0.2) is 0 Å². The molecule has 0 unspecified atom stereocenters. The van der Waals surface area contributed by atoms with E-state index in [0.29, 0.717) is 13.2 Å². The van der Waals surface area contributed by atoms with Gasteiger partial charge in [0.2, 0.25) is 11.8 Å². The van der Waals surface area contributed by atoms with Crippen molar-refractivity contribution in [3.63, 3.8) is 0 Å². The van der Waals surface area contributed by atoms with Crippen LogP contribution in [0.1, 0.15) is 31.9 Å². The lowest BCUT2D eigenvalue weighted by molar-refractivity contribution is -0.129. The van der Waals surface area contributed by atoms with Gasteiger partial charge in [-0.05, 0) is 17.0 Å². The summed E-state index contributed by atoms with van der Waals surface area (Å²) in [5.74, 6) is -0.336. The van der Waals surface area contributed by atoms with Crippen LogP contribution in [0.5, 0.6) is 0 Å². The third-order valence-corrected chi connectivity index (χ3v) is 3.08. The highest BCUT2D eigenvalue weighted by molar-refractivity contribution is 5.86. The van der Waals surface area contributed by atoms with Gasteiger partial charge in [-0.2, -0.15) is 0 Å². The van der Waals surface area contributed by atoms with Crippen molar-refractivity contribution >= 4 is 11.8 Å². The van der Waals surface area contributed by atoms with Crippen LogP contribution in [0.25, 0.3) is 0 Å². The predicted molar refractivity (Wildman–Crippen MR) is 81.4 cm³/mol. The Bertz CT molecular complexity index is 486. The minimum atomic E-state index is -0.510. The van der Waals surface area contributed by atoms with Gasteiger partial charge in [0.15, 0.2) is 0 Å². The Balaban J connectivity index is 2.62. The lowest BCUT2D eigenvalue weighted by Crippen LogP contribution is -2.48. The van der Waals surface area contributed by atoms with Crippen molar-refractivity contribution in [3.8, 4) is 0 Å². The molecule has 0 heterocycles. The van der Waals surface area contributed by atoms with E-state index in [4.69, 9.17) is 4.74 Å². The zero-order valence-electron chi connectivity index (χ0n) is 13.1. The van der Waals surface area contributed by atoms with E-state index < -0.39 is 6.04 Å². The maximum Gasteiger partial charge on any atom is 0.243 e. The Morgan fingerprint density at radius 1 is 1.24 bits per heavy atom. The second-order valence-electron chi connectivity index (χ2n) is 5.39. The van der Waals surface area contributed by atoms with E-state index in [9.17, 15) is 9.59 Å². The molecule has 0 saturated heterocycles. The highest BCUT2D eigenvalue weighted by Crippen LogP contribution is 2.07. The van der Waals surface area contributed by atoms with Crippen molar-refractivity contribution in [1.82, 2.24) is 10.6 Å². The molecule has 0 aromatic heterocycles. The van der Waals surface area contributed by atoms with Crippen LogP contribution in [-0.4, -0.2) is 25.0 Å². The second kappa shape index (κ2) is 8.42. The molecule has 5 heteroatoms. The highest BCUT2D eigenvalue weighted by atomic mass is 16.5. The Kier molecular flexibility index (Phi) is 6.88. The summed E-state index contributed by atoms with van der Waals surface area (Å²) in [5, 5.41) is 5.54. The molecular weight excluding hydrogens is 268 g/mol. The largest absolute Gasteiger partial charge is 0.380 e. The molecule has 0 aliphatic rings. The Labute approximate surface area is 126 Å². The molecule has 1 aromatic carbocycles. The standard InChI is InChI=1S/C16H24N2O3/c1-11(2)15(18-12(3)19)16(20)17-9-13-6-5-7-14(8-13)10-21-4/h5-8,11,15H,9-10H2,1-4H3,(H,17,20)(H,18,19)/t15-/m1/s1. The number of carbonyl (C=O) groups is 2. The summed E-state index contributed by atoms with van der Waals surface area (Å²) < 4.78 is 5.09. The van der Waals surface area contributed by atoms with Gasteiger partial charge in [-0.1, -0.05) is 38.1 Å². The molecule has 0 aliphatic carbocycles. The van der Waals surface area contributed by atoms with Gasteiger partial charge in [0.05, 0.1) is 6.61 Å². The van der Waals surface area contributed by atoms with Crippen molar-refractivity contribution in [1.29, 1.82) is 0 Å². The van der Waals surface area contributed by atoms with Crippen molar-refractivity contribution in [2.45, 2.75) is 40.0 Å². The molecule has 116 valence electrons. The van der Waals surface area contributed by atoms with E-state index in [-0.39, 0.29) is 17.7 Å². The minimum absolute atomic E-state index is 0.0359.